The van der Waals surface area contributed by atoms with E-state index in [-0.39, 0.29) is 12.4 Å². The third-order valence-corrected chi connectivity index (χ3v) is 3.91. The van der Waals surface area contributed by atoms with Gasteiger partial charge in [-0.05, 0) is 24.1 Å². The van der Waals surface area contributed by atoms with Crippen molar-refractivity contribution in [1.29, 1.82) is 0 Å². The maximum absolute atomic E-state index is 12.8. The maximum Gasteiger partial charge on any atom is 0.321 e. The van der Waals surface area contributed by atoms with Crippen molar-refractivity contribution in [2.75, 3.05) is 6.61 Å². The summed E-state index contributed by atoms with van der Waals surface area (Å²) in [5, 5.41) is 0. The van der Waals surface area contributed by atoms with E-state index < -0.39 is 28.8 Å². The molecule has 1 aromatic heterocycles. The number of benzene rings is 1. The second-order valence-electron chi connectivity index (χ2n) is 5.00. The van der Waals surface area contributed by atoms with Crippen LogP contribution in [0.5, 0.6) is 0 Å². The van der Waals surface area contributed by atoms with Gasteiger partial charge in [0.25, 0.3) is 0 Å². The van der Waals surface area contributed by atoms with Crippen molar-refractivity contribution in [3.05, 3.63) is 65.5 Å². The number of aromatic nitrogens is 1. The highest BCUT2D eigenvalue weighted by Gasteiger charge is 2.30. The molecule has 0 fully saturated rings. The smallest absolute Gasteiger partial charge is 0.321 e. The highest BCUT2D eigenvalue weighted by Crippen LogP contribution is 2.22. The molecule has 24 heavy (non-hydrogen) atoms. The second-order valence-corrected chi connectivity index (χ2v) is 5.93. The maximum atomic E-state index is 12.8. The second kappa shape index (κ2) is 8.47. The normalized spacial score (nSPS) is 13.1. The largest absolute Gasteiger partial charge is 0.465 e. The fraction of sp³-hybridized carbons (Fsp3) is 0.235. The van der Waals surface area contributed by atoms with Crippen LogP contribution in [0.1, 0.15) is 34.3 Å². The number of ketones is 1. The highest BCUT2D eigenvalue weighted by atomic mass is 32.2. The van der Waals surface area contributed by atoms with Gasteiger partial charge in [0.1, 0.15) is 5.92 Å². The fourth-order valence-electron chi connectivity index (χ4n) is 2.24. The number of ether oxygens (including phenoxy) is 1. The molecular formula is C17H17NO5S. The number of hydrogen-bond acceptors (Lipinski definition) is 5. The summed E-state index contributed by atoms with van der Waals surface area (Å²) in [6.45, 7) is 1.84. The van der Waals surface area contributed by atoms with Gasteiger partial charge in [-0.1, -0.05) is 30.3 Å². The van der Waals surface area contributed by atoms with E-state index in [0.29, 0.717) is 16.7 Å². The van der Waals surface area contributed by atoms with E-state index in [0.717, 1.165) is 0 Å². The lowest BCUT2D eigenvalue weighted by atomic mass is 9.91. The Morgan fingerprint density at radius 2 is 1.96 bits per heavy atom. The molecule has 0 amide bonds. The van der Waals surface area contributed by atoms with Crippen LogP contribution in [0, 0.1) is 0 Å². The zero-order valence-electron chi connectivity index (χ0n) is 13.0. The standard InChI is InChI=1S/C17H17NO5S/c1-2-23-17(20)15(14-4-3-9-18-10-14)16(19)13-7-5-12(6-8-13)11-24(21)22/h3-10,15H,2,11H2,1H3,(H,21,22). The van der Waals surface area contributed by atoms with E-state index in [4.69, 9.17) is 9.29 Å². The molecule has 126 valence electrons. The van der Waals surface area contributed by atoms with Crippen LogP contribution in [-0.4, -0.2) is 32.1 Å². The number of pyridine rings is 1. The van der Waals surface area contributed by atoms with Crippen LogP contribution in [0.4, 0.5) is 0 Å². The van der Waals surface area contributed by atoms with Gasteiger partial charge in [0.2, 0.25) is 0 Å². The van der Waals surface area contributed by atoms with Crippen molar-refractivity contribution < 1.29 is 23.1 Å². The lowest BCUT2D eigenvalue weighted by molar-refractivity contribution is -0.143. The van der Waals surface area contributed by atoms with E-state index in [1.54, 1.807) is 37.4 Å². The number of Topliss-reactive ketones (excluding diaryl/α,β-unsaturated/α-hetero) is 1. The first-order valence-electron chi connectivity index (χ1n) is 7.30. The van der Waals surface area contributed by atoms with E-state index in [1.807, 2.05) is 0 Å². The van der Waals surface area contributed by atoms with Crippen LogP contribution in [-0.2, 0) is 26.4 Å². The van der Waals surface area contributed by atoms with Crippen molar-refractivity contribution in [3.63, 3.8) is 0 Å². The Kier molecular flexibility index (Phi) is 6.34. The summed E-state index contributed by atoms with van der Waals surface area (Å²) in [5.74, 6) is -2.14. The molecule has 1 aromatic carbocycles. The van der Waals surface area contributed by atoms with Crippen LogP contribution in [0.3, 0.4) is 0 Å². The first-order chi connectivity index (χ1) is 11.5. The Labute approximate surface area is 142 Å². The molecule has 2 unspecified atom stereocenters. The molecule has 0 radical (unpaired) electrons. The summed E-state index contributed by atoms with van der Waals surface area (Å²) >= 11 is -1.95. The molecule has 0 spiro atoms. The van der Waals surface area contributed by atoms with Gasteiger partial charge in [-0.3, -0.25) is 14.6 Å². The lowest BCUT2D eigenvalue weighted by Gasteiger charge is -2.15. The quantitative estimate of drug-likeness (QED) is 0.358. The average Bonchev–Trinajstić information content (AvgIpc) is 2.56. The molecule has 1 N–H and O–H groups in total. The number of nitrogens with zero attached hydrogens (tertiary/aromatic N) is 1. The molecule has 2 aromatic rings. The predicted octanol–water partition coefficient (Wildman–Crippen LogP) is 2.33. The minimum absolute atomic E-state index is 0.0155. The summed E-state index contributed by atoms with van der Waals surface area (Å²) in [6, 6.07) is 9.55. The van der Waals surface area contributed by atoms with Gasteiger partial charge in [0.15, 0.2) is 16.9 Å². The Bertz CT molecular complexity index is 730. The van der Waals surface area contributed by atoms with E-state index in [9.17, 15) is 13.8 Å². The van der Waals surface area contributed by atoms with Gasteiger partial charge in [-0.25, -0.2) is 4.21 Å². The molecule has 0 bridgehead atoms. The molecule has 0 aliphatic rings. The molecule has 2 rings (SSSR count). The SMILES string of the molecule is CCOC(=O)C(C(=O)c1ccc(CS(=O)O)cc1)c1cccnc1. The monoisotopic (exact) mass is 347 g/mol. The van der Waals surface area contributed by atoms with Crippen molar-refractivity contribution in [2.45, 2.75) is 18.6 Å². The fourth-order valence-corrected chi connectivity index (χ4v) is 2.72. The lowest BCUT2D eigenvalue weighted by Crippen LogP contribution is -2.24. The summed E-state index contributed by atoms with van der Waals surface area (Å²) in [7, 11) is 0. The summed E-state index contributed by atoms with van der Waals surface area (Å²) in [5.41, 5.74) is 1.41. The van der Waals surface area contributed by atoms with Crippen molar-refractivity contribution >= 4 is 22.8 Å². The van der Waals surface area contributed by atoms with Crippen LogP contribution in [0.25, 0.3) is 0 Å². The van der Waals surface area contributed by atoms with E-state index >= 15 is 0 Å². The van der Waals surface area contributed by atoms with Crippen molar-refractivity contribution in [1.82, 2.24) is 4.98 Å². The van der Waals surface area contributed by atoms with Gasteiger partial charge >= 0.3 is 5.97 Å². The Morgan fingerprint density at radius 3 is 2.50 bits per heavy atom. The Morgan fingerprint density at radius 1 is 1.25 bits per heavy atom. The third kappa shape index (κ3) is 4.56. The first kappa shape index (κ1) is 18.0. The van der Waals surface area contributed by atoms with Gasteiger partial charge in [0.05, 0.1) is 12.4 Å². The number of carbonyl (C=O) groups is 2. The Hall–Kier alpha value is -2.38. The summed E-state index contributed by atoms with van der Waals surface area (Å²) in [6.07, 6.45) is 3.02. The highest BCUT2D eigenvalue weighted by molar-refractivity contribution is 7.78. The number of hydrogen-bond donors (Lipinski definition) is 1. The van der Waals surface area contributed by atoms with E-state index in [2.05, 4.69) is 4.98 Å². The predicted molar refractivity (Wildman–Crippen MR) is 88.9 cm³/mol. The molecule has 6 nitrogen and oxygen atoms in total. The topological polar surface area (TPSA) is 93.6 Å². The van der Waals surface area contributed by atoms with Crippen LogP contribution in [0.15, 0.2) is 48.8 Å². The van der Waals surface area contributed by atoms with E-state index in [1.165, 1.54) is 18.3 Å². The van der Waals surface area contributed by atoms with Crippen LogP contribution >= 0.6 is 0 Å². The Balaban J connectivity index is 2.30. The first-order valence-corrected chi connectivity index (χ1v) is 8.57. The molecular weight excluding hydrogens is 330 g/mol. The zero-order chi connectivity index (χ0) is 17.5. The van der Waals surface area contributed by atoms with Gasteiger partial charge < -0.3 is 9.29 Å². The summed E-state index contributed by atoms with van der Waals surface area (Å²) in [4.78, 5) is 28.9. The molecule has 1 heterocycles. The molecule has 0 aliphatic heterocycles. The van der Waals surface area contributed by atoms with Crippen LogP contribution < -0.4 is 0 Å². The zero-order valence-corrected chi connectivity index (χ0v) is 13.9. The number of carbonyl (C=O) groups excluding carboxylic acids is 2. The molecule has 0 saturated heterocycles. The molecule has 0 saturated carbocycles. The number of rotatable bonds is 7. The van der Waals surface area contributed by atoms with Gasteiger partial charge in [-0.2, -0.15) is 0 Å². The molecule has 0 aliphatic carbocycles. The minimum Gasteiger partial charge on any atom is -0.465 e. The molecule has 7 heteroatoms. The molecule has 2 atom stereocenters. The van der Waals surface area contributed by atoms with Crippen molar-refractivity contribution in [2.24, 2.45) is 0 Å². The van der Waals surface area contributed by atoms with Gasteiger partial charge in [-0.15, -0.1) is 0 Å². The van der Waals surface area contributed by atoms with Gasteiger partial charge in [0, 0.05) is 18.0 Å². The summed E-state index contributed by atoms with van der Waals surface area (Å²) < 4.78 is 24.7. The third-order valence-electron chi connectivity index (χ3n) is 3.33. The number of esters is 1. The minimum atomic E-state index is -1.95. The van der Waals surface area contributed by atoms with Crippen LogP contribution in [0.2, 0.25) is 0 Å². The average molecular weight is 347 g/mol. The van der Waals surface area contributed by atoms with Crippen molar-refractivity contribution in [3.8, 4) is 0 Å².